The normalized spacial score (nSPS) is 19.2. The zero-order chi connectivity index (χ0) is 12.3. The lowest BCUT2D eigenvalue weighted by Gasteiger charge is -2.34. The Morgan fingerprint density at radius 2 is 2.39 bits per heavy atom. The largest absolute Gasteiger partial charge is 0.494 e. The summed E-state index contributed by atoms with van der Waals surface area (Å²) in [7, 11) is 1.63. The van der Waals surface area contributed by atoms with Crippen molar-refractivity contribution in [1.82, 2.24) is 4.98 Å². The van der Waals surface area contributed by atoms with E-state index in [9.17, 15) is 5.11 Å². The Morgan fingerprint density at radius 3 is 3.06 bits per heavy atom. The van der Waals surface area contributed by atoms with Gasteiger partial charge >= 0.3 is 0 Å². The van der Waals surface area contributed by atoms with Crippen molar-refractivity contribution in [3.63, 3.8) is 0 Å². The number of piperidine rings is 1. The van der Waals surface area contributed by atoms with Crippen LogP contribution in [0.2, 0.25) is 0 Å². The van der Waals surface area contributed by atoms with E-state index in [1.54, 1.807) is 19.4 Å². The third kappa shape index (κ3) is 3.17. The molecule has 1 aliphatic rings. The van der Waals surface area contributed by atoms with Crippen LogP contribution in [-0.4, -0.2) is 36.9 Å². The minimum absolute atomic E-state index is 0. The minimum atomic E-state index is 0. The highest BCUT2D eigenvalue weighted by atomic mass is 35.5. The van der Waals surface area contributed by atoms with Crippen LogP contribution in [0.5, 0.6) is 5.75 Å². The topological polar surface area (TPSA) is 71.6 Å². The van der Waals surface area contributed by atoms with Crippen molar-refractivity contribution < 1.29 is 9.84 Å². The summed E-state index contributed by atoms with van der Waals surface area (Å²) < 4.78 is 5.32. The SMILES string of the molecule is COc1cc(N)ncc1N1CCC[C@@H](CO)C1.Cl. The molecule has 18 heavy (non-hydrogen) atoms. The van der Waals surface area contributed by atoms with Gasteiger partial charge in [0.05, 0.1) is 19.0 Å². The van der Waals surface area contributed by atoms with Gasteiger partial charge in [-0.25, -0.2) is 4.98 Å². The van der Waals surface area contributed by atoms with Gasteiger partial charge in [-0.15, -0.1) is 12.4 Å². The number of hydrogen-bond donors (Lipinski definition) is 2. The van der Waals surface area contributed by atoms with E-state index in [4.69, 9.17) is 10.5 Å². The second kappa shape index (κ2) is 6.66. The first kappa shape index (κ1) is 14.9. The zero-order valence-corrected chi connectivity index (χ0v) is 11.3. The minimum Gasteiger partial charge on any atom is -0.494 e. The van der Waals surface area contributed by atoms with E-state index < -0.39 is 0 Å². The molecule has 1 atom stereocenters. The van der Waals surface area contributed by atoms with Gasteiger partial charge in [0, 0.05) is 25.8 Å². The number of aromatic nitrogens is 1. The van der Waals surface area contributed by atoms with Gasteiger partial charge in [-0.2, -0.15) is 0 Å². The number of hydrogen-bond acceptors (Lipinski definition) is 5. The lowest BCUT2D eigenvalue weighted by Crippen LogP contribution is -2.37. The van der Waals surface area contributed by atoms with Gasteiger partial charge in [0.15, 0.2) is 0 Å². The predicted molar refractivity (Wildman–Crippen MR) is 74.5 cm³/mol. The quantitative estimate of drug-likeness (QED) is 0.869. The van der Waals surface area contributed by atoms with Crippen molar-refractivity contribution in [2.45, 2.75) is 12.8 Å². The number of nitrogen functional groups attached to an aromatic ring is 1. The van der Waals surface area contributed by atoms with Crippen molar-refractivity contribution in [2.24, 2.45) is 5.92 Å². The Bertz CT molecular complexity index is 390. The summed E-state index contributed by atoms with van der Waals surface area (Å²) >= 11 is 0. The number of methoxy groups -OCH3 is 1. The van der Waals surface area contributed by atoms with Crippen LogP contribution in [0.1, 0.15) is 12.8 Å². The maximum Gasteiger partial charge on any atom is 0.147 e. The molecule has 5 nitrogen and oxygen atoms in total. The first-order valence-electron chi connectivity index (χ1n) is 5.90. The molecule has 2 rings (SSSR count). The van der Waals surface area contributed by atoms with Gasteiger partial charge in [0.25, 0.3) is 0 Å². The van der Waals surface area contributed by atoms with E-state index in [0.29, 0.717) is 11.7 Å². The number of nitrogens with zero attached hydrogens (tertiary/aromatic N) is 2. The van der Waals surface area contributed by atoms with Crippen LogP contribution >= 0.6 is 12.4 Å². The van der Waals surface area contributed by atoms with Gasteiger partial charge in [0.2, 0.25) is 0 Å². The van der Waals surface area contributed by atoms with Crippen LogP contribution in [0.15, 0.2) is 12.3 Å². The van der Waals surface area contributed by atoms with Crippen molar-refractivity contribution >= 4 is 23.9 Å². The van der Waals surface area contributed by atoms with E-state index in [2.05, 4.69) is 9.88 Å². The highest BCUT2D eigenvalue weighted by molar-refractivity contribution is 5.85. The number of pyridine rings is 1. The summed E-state index contributed by atoms with van der Waals surface area (Å²) in [6, 6.07) is 1.73. The highest BCUT2D eigenvalue weighted by Gasteiger charge is 2.22. The summed E-state index contributed by atoms with van der Waals surface area (Å²) in [5.41, 5.74) is 6.59. The van der Waals surface area contributed by atoms with Crippen LogP contribution in [-0.2, 0) is 0 Å². The maximum absolute atomic E-state index is 9.23. The summed E-state index contributed by atoms with van der Waals surface area (Å²) in [5.74, 6) is 1.54. The van der Waals surface area contributed by atoms with E-state index in [1.807, 2.05) is 0 Å². The van der Waals surface area contributed by atoms with Gasteiger partial charge in [-0.3, -0.25) is 0 Å². The molecule has 3 N–H and O–H groups in total. The molecule has 0 amide bonds. The summed E-state index contributed by atoms with van der Waals surface area (Å²) in [4.78, 5) is 6.31. The standard InChI is InChI=1S/C12H19N3O2.ClH/c1-17-11-5-12(13)14-6-10(11)15-4-2-3-9(7-15)8-16;/h5-6,9,16H,2-4,7-8H2,1H3,(H2,13,14);1H/t9-;/m1./s1. The molecule has 0 saturated carbocycles. The summed E-state index contributed by atoms with van der Waals surface area (Å²) in [6.07, 6.45) is 3.91. The maximum atomic E-state index is 9.23. The molecule has 0 unspecified atom stereocenters. The number of ether oxygens (including phenoxy) is 1. The van der Waals surface area contributed by atoms with E-state index in [1.165, 1.54) is 0 Å². The molecule has 6 heteroatoms. The van der Waals surface area contributed by atoms with Crippen LogP contribution < -0.4 is 15.4 Å². The molecule has 2 heterocycles. The molecular weight excluding hydrogens is 254 g/mol. The molecule has 0 aromatic carbocycles. The Kier molecular flexibility index (Phi) is 5.50. The zero-order valence-electron chi connectivity index (χ0n) is 10.5. The van der Waals surface area contributed by atoms with E-state index in [0.717, 1.165) is 37.4 Å². The Hall–Kier alpha value is -1.20. The molecular formula is C12H20ClN3O2. The van der Waals surface area contributed by atoms with Gasteiger partial charge < -0.3 is 20.5 Å². The number of nitrogens with two attached hydrogens (primary N) is 1. The molecule has 1 aliphatic heterocycles. The lowest BCUT2D eigenvalue weighted by molar-refractivity contribution is 0.208. The Labute approximate surface area is 113 Å². The first-order valence-corrected chi connectivity index (χ1v) is 5.90. The molecule has 0 bridgehead atoms. The van der Waals surface area contributed by atoms with Crippen LogP contribution in [0.3, 0.4) is 0 Å². The Morgan fingerprint density at radius 1 is 1.61 bits per heavy atom. The van der Waals surface area contributed by atoms with Crippen LogP contribution in [0, 0.1) is 5.92 Å². The first-order chi connectivity index (χ1) is 8.24. The van der Waals surface area contributed by atoms with Crippen molar-refractivity contribution in [1.29, 1.82) is 0 Å². The van der Waals surface area contributed by atoms with E-state index in [-0.39, 0.29) is 19.0 Å². The van der Waals surface area contributed by atoms with Gasteiger partial charge in [-0.05, 0) is 18.8 Å². The molecule has 1 fully saturated rings. The van der Waals surface area contributed by atoms with Crippen molar-refractivity contribution in [3.8, 4) is 5.75 Å². The molecule has 0 spiro atoms. The molecule has 102 valence electrons. The average molecular weight is 274 g/mol. The van der Waals surface area contributed by atoms with Crippen LogP contribution in [0.25, 0.3) is 0 Å². The fourth-order valence-corrected chi connectivity index (χ4v) is 2.28. The van der Waals surface area contributed by atoms with E-state index >= 15 is 0 Å². The van der Waals surface area contributed by atoms with Gasteiger partial charge in [-0.1, -0.05) is 0 Å². The molecule has 1 aromatic rings. The average Bonchev–Trinajstić information content (AvgIpc) is 2.38. The number of rotatable bonds is 3. The molecule has 0 aliphatic carbocycles. The number of halogens is 1. The molecule has 0 radical (unpaired) electrons. The smallest absolute Gasteiger partial charge is 0.147 e. The number of anilines is 2. The van der Waals surface area contributed by atoms with Gasteiger partial charge in [0.1, 0.15) is 11.6 Å². The molecule has 1 saturated heterocycles. The summed E-state index contributed by atoms with van der Waals surface area (Å²) in [5, 5.41) is 9.23. The predicted octanol–water partition coefficient (Wildman–Crippen LogP) is 1.30. The second-order valence-electron chi connectivity index (χ2n) is 4.42. The van der Waals surface area contributed by atoms with Crippen molar-refractivity contribution in [2.75, 3.05) is 37.4 Å². The Balaban J connectivity index is 0.00000162. The number of aliphatic hydroxyl groups is 1. The monoisotopic (exact) mass is 273 g/mol. The lowest BCUT2D eigenvalue weighted by atomic mass is 9.98. The van der Waals surface area contributed by atoms with Crippen molar-refractivity contribution in [3.05, 3.63) is 12.3 Å². The third-order valence-electron chi connectivity index (χ3n) is 3.21. The second-order valence-corrected chi connectivity index (χ2v) is 4.42. The fraction of sp³-hybridized carbons (Fsp3) is 0.583. The number of aliphatic hydroxyl groups excluding tert-OH is 1. The fourth-order valence-electron chi connectivity index (χ4n) is 2.28. The molecule has 1 aromatic heterocycles. The highest BCUT2D eigenvalue weighted by Crippen LogP contribution is 2.31. The van der Waals surface area contributed by atoms with Crippen LogP contribution in [0.4, 0.5) is 11.5 Å². The third-order valence-corrected chi connectivity index (χ3v) is 3.21. The summed E-state index contributed by atoms with van der Waals surface area (Å²) in [6.45, 7) is 2.05.